The second-order valence-electron chi connectivity index (χ2n) is 19.2. The highest BCUT2D eigenvalue weighted by Gasteiger charge is 2.19. The molecule has 0 radical (unpaired) electrons. The number of allylic oxidation sites excluding steroid dienone is 6. The molecule has 0 unspecified atom stereocenters. The van der Waals surface area contributed by atoms with Gasteiger partial charge in [-0.25, -0.2) is 0 Å². The van der Waals surface area contributed by atoms with E-state index in [1.807, 2.05) is 0 Å². The summed E-state index contributed by atoms with van der Waals surface area (Å²) in [6.07, 6.45) is 64.2. The number of carbonyl (C=O) groups excluding carboxylic acids is 3. The van der Waals surface area contributed by atoms with Crippen LogP contribution in [-0.4, -0.2) is 37.2 Å². The van der Waals surface area contributed by atoms with Gasteiger partial charge in [-0.1, -0.05) is 250 Å². The lowest BCUT2D eigenvalue weighted by Crippen LogP contribution is -2.30. The minimum atomic E-state index is -0.779. The Kier molecular flexibility index (Phi) is 52.3. The second kappa shape index (κ2) is 54.2. The van der Waals surface area contributed by atoms with Gasteiger partial charge in [0.15, 0.2) is 6.10 Å². The first-order valence-corrected chi connectivity index (χ1v) is 28.5. The zero-order chi connectivity index (χ0) is 47.2. The molecule has 0 aromatic carbocycles. The van der Waals surface area contributed by atoms with E-state index in [2.05, 4.69) is 57.2 Å². The van der Waals surface area contributed by atoms with E-state index in [1.54, 1.807) is 0 Å². The van der Waals surface area contributed by atoms with Crippen molar-refractivity contribution in [3.8, 4) is 0 Å². The molecule has 0 aromatic rings. The van der Waals surface area contributed by atoms with Gasteiger partial charge >= 0.3 is 17.9 Å². The fourth-order valence-corrected chi connectivity index (χ4v) is 8.28. The topological polar surface area (TPSA) is 78.9 Å². The van der Waals surface area contributed by atoms with Crippen molar-refractivity contribution in [2.24, 2.45) is 0 Å². The molecule has 0 bridgehead atoms. The van der Waals surface area contributed by atoms with Crippen LogP contribution in [0.3, 0.4) is 0 Å². The van der Waals surface area contributed by atoms with Gasteiger partial charge in [0, 0.05) is 19.3 Å². The van der Waals surface area contributed by atoms with Crippen LogP contribution in [0.2, 0.25) is 0 Å². The lowest BCUT2D eigenvalue weighted by Gasteiger charge is -2.18. The van der Waals surface area contributed by atoms with E-state index in [-0.39, 0.29) is 31.1 Å². The molecule has 0 spiro atoms. The Bertz CT molecular complexity index is 1090. The first-order valence-electron chi connectivity index (χ1n) is 28.5. The van der Waals surface area contributed by atoms with Gasteiger partial charge in [0.1, 0.15) is 13.2 Å². The molecular weight excluding hydrogens is 805 g/mol. The Hall–Kier alpha value is -2.37. The van der Waals surface area contributed by atoms with Gasteiger partial charge in [0.25, 0.3) is 0 Å². The van der Waals surface area contributed by atoms with Gasteiger partial charge in [-0.15, -0.1) is 0 Å². The maximum atomic E-state index is 12.8. The molecule has 0 aliphatic heterocycles. The summed E-state index contributed by atoms with van der Waals surface area (Å²) in [6.45, 7) is 6.61. The van der Waals surface area contributed by atoms with E-state index >= 15 is 0 Å². The van der Waals surface area contributed by atoms with Crippen LogP contribution >= 0.6 is 0 Å². The monoisotopic (exact) mass is 913 g/mol. The molecule has 6 nitrogen and oxygen atoms in total. The number of hydrogen-bond acceptors (Lipinski definition) is 6. The average Bonchev–Trinajstić information content (AvgIpc) is 3.30. The summed E-state index contributed by atoms with van der Waals surface area (Å²) in [5.74, 6) is -0.884. The van der Waals surface area contributed by atoms with Crippen molar-refractivity contribution in [2.45, 2.75) is 309 Å². The molecular formula is C59H108O6. The number of hydrogen-bond donors (Lipinski definition) is 0. The van der Waals surface area contributed by atoms with Crippen LogP contribution in [0.15, 0.2) is 36.5 Å². The molecule has 0 fully saturated rings. The second-order valence-corrected chi connectivity index (χ2v) is 19.2. The minimum absolute atomic E-state index is 0.0765. The van der Waals surface area contributed by atoms with Gasteiger partial charge in [0.2, 0.25) is 0 Å². The number of rotatable bonds is 52. The average molecular weight is 914 g/mol. The van der Waals surface area contributed by atoms with Crippen molar-refractivity contribution >= 4 is 17.9 Å². The van der Waals surface area contributed by atoms with Crippen LogP contribution in [0.25, 0.3) is 0 Å². The van der Waals surface area contributed by atoms with Gasteiger partial charge in [-0.05, 0) is 70.6 Å². The van der Waals surface area contributed by atoms with Crippen molar-refractivity contribution < 1.29 is 28.6 Å². The first kappa shape index (κ1) is 62.6. The fraction of sp³-hybridized carbons (Fsp3) is 0.847. The minimum Gasteiger partial charge on any atom is -0.462 e. The highest BCUT2D eigenvalue weighted by Crippen LogP contribution is 2.16. The Balaban J connectivity index is 4.35. The summed E-state index contributed by atoms with van der Waals surface area (Å²) < 4.78 is 16.8. The van der Waals surface area contributed by atoms with Crippen molar-refractivity contribution in [3.05, 3.63) is 36.5 Å². The Morgan fingerprint density at radius 1 is 0.308 bits per heavy atom. The third-order valence-corrected chi connectivity index (χ3v) is 12.6. The van der Waals surface area contributed by atoms with E-state index in [0.717, 1.165) is 83.5 Å². The van der Waals surface area contributed by atoms with E-state index in [1.165, 1.54) is 180 Å². The number of esters is 3. The normalized spacial score (nSPS) is 12.2. The van der Waals surface area contributed by atoms with E-state index in [9.17, 15) is 14.4 Å². The molecule has 0 saturated carbocycles. The predicted molar refractivity (Wildman–Crippen MR) is 279 cm³/mol. The zero-order valence-electron chi connectivity index (χ0n) is 43.5. The summed E-state index contributed by atoms with van der Waals surface area (Å²) in [4.78, 5) is 38.1. The molecule has 0 heterocycles. The molecule has 0 saturated heterocycles. The van der Waals surface area contributed by atoms with E-state index in [0.29, 0.717) is 19.3 Å². The van der Waals surface area contributed by atoms with Crippen LogP contribution in [0.4, 0.5) is 0 Å². The van der Waals surface area contributed by atoms with Gasteiger partial charge in [-0.3, -0.25) is 14.4 Å². The third-order valence-electron chi connectivity index (χ3n) is 12.6. The Labute approximate surface area is 404 Å². The lowest BCUT2D eigenvalue weighted by molar-refractivity contribution is -0.167. The fourth-order valence-electron chi connectivity index (χ4n) is 8.28. The largest absolute Gasteiger partial charge is 0.462 e. The molecule has 0 aliphatic carbocycles. The SMILES string of the molecule is CCCC/C=C\C/C=C\CCCCCCCC(=O)OC[C@H](COC(=O)CCCCCCCCCCCCCCCCCCCC)OC(=O)CCCCCCC/C=C\CCCCCCCC. The van der Waals surface area contributed by atoms with E-state index in [4.69, 9.17) is 14.2 Å². The quantitative estimate of drug-likeness (QED) is 0.0262. The van der Waals surface area contributed by atoms with E-state index < -0.39 is 6.10 Å². The van der Waals surface area contributed by atoms with Gasteiger partial charge < -0.3 is 14.2 Å². The molecule has 0 aliphatic rings. The van der Waals surface area contributed by atoms with Crippen molar-refractivity contribution in [2.75, 3.05) is 13.2 Å². The van der Waals surface area contributed by atoms with Crippen LogP contribution in [0.5, 0.6) is 0 Å². The molecule has 1 atom stereocenters. The zero-order valence-corrected chi connectivity index (χ0v) is 43.5. The predicted octanol–water partition coefficient (Wildman–Crippen LogP) is 18.9. The maximum absolute atomic E-state index is 12.8. The number of unbranched alkanes of at least 4 members (excludes halogenated alkanes) is 35. The molecule has 65 heavy (non-hydrogen) atoms. The van der Waals surface area contributed by atoms with Crippen LogP contribution in [-0.2, 0) is 28.6 Å². The van der Waals surface area contributed by atoms with Crippen LogP contribution < -0.4 is 0 Å². The number of ether oxygens (including phenoxy) is 3. The summed E-state index contributed by atoms with van der Waals surface area (Å²) >= 11 is 0. The summed E-state index contributed by atoms with van der Waals surface area (Å²) in [5.41, 5.74) is 0. The van der Waals surface area contributed by atoms with Gasteiger partial charge in [-0.2, -0.15) is 0 Å². The maximum Gasteiger partial charge on any atom is 0.306 e. The summed E-state index contributed by atoms with van der Waals surface area (Å²) in [7, 11) is 0. The number of carbonyl (C=O) groups is 3. The Morgan fingerprint density at radius 2 is 0.569 bits per heavy atom. The molecule has 0 N–H and O–H groups in total. The summed E-state index contributed by atoms with van der Waals surface area (Å²) in [6, 6.07) is 0. The molecule has 0 amide bonds. The highest BCUT2D eigenvalue weighted by molar-refractivity contribution is 5.71. The lowest BCUT2D eigenvalue weighted by atomic mass is 10.0. The standard InChI is InChI=1S/C59H108O6/c1-4-7-10-13-16-19-22-25-28-29-30-32-34-37-40-43-46-49-52-58(61)64-55-56(54-63-57(60)51-48-45-42-39-36-33-27-24-21-18-15-12-9-6-3)65-59(62)53-50-47-44-41-38-35-31-26-23-20-17-14-11-8-5-2/h15,18,24,26-27,31,56H,4-14,16-17,19-23,25,28-30,32-55H2,1-3H3/b18-15-,27-24-,31-26-/t56-/m1/s1. The van der Waals surface area contributed by atoms with Crippen molar-refractivity contribution in [1.82, 2.24) is 0 Å². The molecule has 0 aromatic heterocycles. The molecule has 380 valence electrons. The Morgan fingerprint density at radius 3 is 0.908 bits per heavy atom. The van der Waals surface area contributed by atoms with Crippen LogP contribution in [0.1, 0.15) is 303 Å². The van der Waals surface area contributed by atoms with Crippen LogP contribution in [0, 0.1) is 0 Å². The van der Waals surface area contributed by atoms with Crippen molar-refractivity contribution in [1.29, 1.82) is 0 Å². The summed E-state index contributed by atoms with van der Waals surface area (Å²) in [5, 5.41) is 0. The van der Waals surface area contributed by atoms with Crippen molar-refractivity contribution in [3.63, 3.8) is 0 Å². The smallest absolute Gasteiger partial charge is 0.306 e. The third kappa shape index (κ3) is 52.5. The molecule has 6 heteroatoms. The van der Waals surface area contributed by atoms with Gasteiger partial charge in [0.05, 0.1) is 0 Å². The highest BCUT2D eigenvalue weighted by atomic mass is 16.6. The molecule has 0 rings (SSSR count). The first-order chi connectivity index (χ1) is 32.0.